The molecule has 24 heavy (non-hydrogen) atoms. The Morgan fingerprint density at radius 2 is 2.08 bits per heavy atom. The van der Waals surface area contributed by atoms with E-state index in [1.165, 1.54) is 12.1 Å². The fourth-order valence-corrected chi connectivity index (χ4v) is 4.88. The first-order valence-corrected chi connectivity index (χ1v) is 8.98. The number of thioether (sulfide) groups is 1. The van der Waals surface area contributed by atoms with Crippen molar-refractivity contribution in [2.45, 2.75) is 43.0 Å². The second kappa shape index (κ2) is 6.84. The van der Waals surface area contributed by atoms with Gasteiger partial charge < -0.3 is 25.3 Å². The zero-order chi connectivity index (χ0) is 17.3. The quantitative estimate of drug-likeness (QED) is 0.518. The normalized spacial score (nSPS) is 25.6. The van der Waals surface area contributed by atoms with Gasteiger partial charge in [0.15, 0.2) is 0 Å². The van der Waals surface area contributed by atoms with E-state index in [1.807, 2.05) is 18.8 Å². The molecule has 132 valence electrons. The Bertz CT molecular complexity index is 615. The minimum Gasteiger partial charge on any atom is -0.492 e. The largest absolute Gasteiger partial charge is 0.492 e. The molecule has 9 heteroatoms. The molecule has 1 aromatic rings. The summed E-state index contributed by atoms with van der Waals surface area (Å²) in [5, 5.41) is 22.2. The van der Waals surface area contributed by atoms with Gasteiger partial charge in [0, 0.05) is 36.6 Å². The van der Waals surface area contributed by atoms with Crippen LogP contribution in [0.2, 0.25) is 0 Å². The summed E-state index contributed by atoms with van der Waals surface area (Å²) in [5.74, 6) is -0.227. The average molecular weight is 355 g/mol. The maximum absolute atomic E-state index is 11.8. The van der Waals surface area contributed by atoms with Gasteiger partial charge in [0.25, 0.3) is 0 Å². The van der Waals surface area contributed by atoms with Gasteiger partial charge in [-0.2, -0.15) is 11.8 Å². The van der Waals surface area contributed by atoms with Crippen molar-refractivity contribution in [1.82, 2.24) is 14.9 Å². The van der Waals surface area contributed by atoms with Gasteiger partial charge in [0.1, 0.15) is 0 Å². The SMILES string of the molecule is CN1C(=O)N[C@H]2CS[C@@H](CCCCC(=O)On3c(O)ccc3O)[C@H]21. The van der Waals surface area contributed by atoms with E-state index in [9.17, 15) is 19.8 Å². The van der Waals surface area contributed by atoms with E-state index in [-0.39, 0.29) is 36.3 Å². The number of nitrogens with zero attached hydrogens (tertiary/aromatic N) is 2. The van der Waals surface area contributed by atoms with Crippen LogP contribution in [-0.4, -0.2) is 62.0 Å². The summed E-state index contributed by atoms with van der Waals surface area (Å²) in [5.41, 5.74) is 0. The Morgan fingerprint density at radius 3 is 2.79 bits per heavy atom. The highest BCUT2D eigenvalue weighted by molar-refractivity contribution is 8.00. The molecule has 0 aromatic carbocycles. The number of rotatable bonds is 6. The molecule has 2 amide bonds. The van der Waals surface area contributed by atoms with Crippen LogP contribution in [0.15, 0.2) is 12.1 Å². The third-order valence-electron chi connectivity index (χ3n) is 4.47. The summed E-state index contributed by atoms with van der Waals surface area (Å²) in [6, 6.07) is 2.92. The van der Waals surface area contributed by atoms with E-state index >= 15 is 0 Å². The van der Waals surface area contributed by atoms with E-state index in [4.69, 9.17) is 4.84 Å². The first kappa shape index (κ1) is 16.8. The average Bonchev–Trinajstić information content (AvgIpc) is 3.17. The molecule has 0 unspecified atom stereocenters. The second-order valence-electron chi connectivity index (χ2n) is 6.08. The number of nitrogens with one attached hydrogen (secondary N) is 1. The Balaban J connectivity index is 1.40. The molecule has 1 aromatic heterocycles. The Kier molecular flexibility index (Phi) is 4.79. The molecule has 2 fully saturated rings. The van der Waals surface area contributed by atoms with Crippen LogP contribution in [0.3, 0.4) is 0 Å². The molecule has 0 bridgehead atoms. The third kappa shape index (κ3) is 3.26. The zero-order valence-electron chi connectivity index (χ0n) is 13.3. The van der Waals surface area contributed by atoms with Crippen molar-refractivity contribution in [2.24, 2.45) is 0 Å². The number of amides is 2. The molecule has 0 aliphatic carbocycles. The number of hydrogen-bond donors (Lipinski definition) is 3. The van der Waals surface area contributed by atoms with E-state index in [0.717, 1.165) is 18.6 Å². The smallest absolute Gasteiger partial charge is 0.333 e. The molecule has 3 N–H and O–H groups in total. The molecular weight excluding hydrogens is 334 g/mol. The lowest BCUT2D eigenvalue weighted by atomic mass is 10.0. The van der Waals surface area contributed by atoms with Gasteiger partial charge >= 0.3 is 12.0 Å². The third-order valence-corrected chi connectivity index (χ3v) is 5.96. The molecule has 0 saturated carbocycles. The van der Waals surface area contributed by atoms with Crippen molar-refractivity contribution in [3.63, 3.8) is 0 Å². The number of urea groups is 1. The van der Waals surface area contributed by atoms with Crippen LogP contribution in [-0.2, 0) is 4.79 Å². The standard InChI is InChI=1S/C15H21N3O5S/c1-17-14-9(16-15(17)22)8-24-10(14)4-2-3-5-13(21)23-18-11(19)6-7-12(18)20/h6-7,9-10,14,19-20H,2-5,8H2,1H3,(H,16,22)/t9-,10-,14-/m0/s1. The fraction of sp³-hybridized carbons (Fsp3) is 0.600. The number of unbranched alkanes of at least 4 members (excludes halogenated alkanes) is 1. The predicted molar refractivity (Wildman–Crippen MR) is 87.9 cm³/mol. The monoisotopic (exact) mass is 355 g/mol. The van der Waals surface area contributed by atoms with Crippen molar-refractivity contribution in [3.8, 4) is 11.8 Å². The molecule has 2 saturated heterocycles. The van der Waals surface area contributed by atoms with Crippen molar-refractivity contribution >= 4 is 23.8 Å². The molecule has 0 radical (unpaired) electrons. The van der Waals surface area contributed by atoms with Crippen molar-refractivity contribution in [2.75, 3.05) is 12.8 Å². The van der Waals surface area contributed by atoms with Gasteiger partial charge in [0.2, 0.25) is 11.8 Å². The Labute approximate surface area is 143 Å². The lowest BCUT2D eigenvalue weighted by Gasteiger charge is -2.23. The molecule has 3 rings (SSSR count). The lowest BCUT2D eigenvalue weighted by Crippen LogP contribution is -2.38. The van der Waals surface area contributed by atoms with Crippen LogP contribution in [0, 0.1) is 0 Å². The predicted octanol–water partition coefficient (Wildman–Crippen LogP) is 0.922. The van der Waals surface area contributed by atoms with E-state index < -0.39 is 5.97 Å². The molecular formula is C15H21N3O5S. The van der Waals surface area contributed by atoms with Crippen LogP contribution >= 0.6 is 11.8 Å². The van der Waals surface area contributed by atoms with Gasteiger partial charge in [0.05, 0.1) is 12.1 Å². The highest BCUT2D eigenvalue weighted by Gasteiger charge is 2.46. The van der Waals surface area contributed by atoms with Crippen LogP contribution in [0.25, 0.3) is 0 Å². The van der Waals surface area contributed by atoms with E-state index in [0.29, 0.717) is 16.4 Å². The molecule has 3 heterocycles. The number of hydrogen-bond acceptors (Lipinski definition) is 6. The van der Waals surface area contributed by atoms with Crippen LogP contribution in [0.4, 0.5) is 4.79 Å². The number of aromatic hydroxyl groups is 2. The number of likely N-dealkylation sites (N-methyl/N-ethyl adjacent to an activating group) is 1. The second-order valence-corrected chi connectivity index (χ2v) is 7.35. The zero-order valence-corrected chi connectivity index (χ0v) is 14.2. The summed E-state index contributed by atoms with van der Waals surface area (Å²) < 4.78 is 0.699. The summed E-state index contributed by atoms with van der Waals surface area (Å²) in [7, 11) is 1.83. The van der Waals surface area contributed by atoms with Gasteiger partial charge in [-0.15, -0.1) is 4.73 Å². The molecule has 2 aliphatic heterocycles. The Hall–Kier alpha value is -2.03. The molecule has 2 aliphatic rings. The minimum atomic E-state index is -0.511. The summed E-state index contributed by atoms with van der Waals surface area (Å²) in [4.78, 5) is 30.1. The van der Waals surface area contributed by atoms with Gasteiger partial charge in [-0.05, 0) is 12.8 Å². The van der Waals surface area contributed by atoms with Crippen LogP contribution < -0.4 is 10.2 Å². The molecule has 0 spiro atoms. The van der Waals surface area contributed by atoms with E-state index in [2.05, 4.69) is 5.32 Å². The fourth-order valence-electron chi connectivity index (χ4n) is 3.24. The number of carbonyl (C=O) groups is 2. The highest BCUT2D eigenvalue weighted by Crippen LogP contribution is 2.36. The number of carbonyl (C=O) groups excluding carboxylic acids is 2. The minimum absolute atomic E-state index is 0.00906. The van der Waals surface area contributed by atoms with Crippen LogP contribution in [0.5, 0.6) is 11.8 Å². The maximum atomic E-state index is 11.8. The first-order valence-electron chi connectivity index (χ1n) is 7.93. The summed E-state index contributed by atoms with van der Waals surface area (Å²) >= 11 is 1.86. The highest BCUT2D eigenvalue weighted by atomic mass is 32.2. The Morgan fingerprint density at radius 1 is 1.38 bits per heavy atom. The van der Waals surface area contributed by atoms with Gasteiger partial charge in [-0.3, -0.25) is 0 Å². The first-order chi connectivity index (χ1) is 11.5. The van der Waals surface area contributed by atoms with Crippen molar-refractivity contribution in [1.29, 1.82) is 0 Å². The lowest BCUT2D eigenvalue weighted by molar-refractivity contribution is -0.145. The number of fused-ring (bicyclic) bond motifs is 1. The van der Waals surface area contributed by atoms with Crippen molar-refractivity contribution in [3.05, 3.63) is 12.1 Å². The summed E-state index contributed by atoms with van der Waals surface area (Å²) in [6.07, 6.45) is 2.64. The van der Waals surface area contributed by atoms with Crippen molar-refractivity contribution < 1.29 is 24.6 Å². The van der Waals surface area contributed by atoms with Gasteiger partial charge in [-0.25, -0.2) is 9.59 Å². The molecule has 3 atom stereocenters. The number of aromatic nitrogens is 1. The molecule has 8 nitrogen and oxygen atoms in total. The summed E-state index contributed by atoms with van der Waals surface area (Å²) in [6.45, 7) is 0. The maximum Gasteiger partial charge on any atom is 0.333 e. The van der Waals surface area contributed by atoms with E-state index in [1.54, 1.807) is 4.90 Å². The van der Waals surface area contributed by atoms with Gasteiger partial charge in [-0.1, -0.05) is 6.42 Å². The topological polar surface area (TPSA) is 104 Å². The van der Waals surface area contributed by atoms with Crippen LogP contribution in [0.1, 0.15) is 25.7 Å².